The number of rotatable bonds is 9. The summed E-state index contributed by atoms with van der Waals surface area (Å²) >= 11 is 1.67. The first-order valence-corrected chi connectivity index (χ1v) is 18.8. The van der Waals surface area contributed by atoms with Gasteiger partial charge in [-0.3, -0.25) is 14.7 Å². The Labute approximate surface area is 302 Å². The summed E-state index contributed by atoms with van der Waals surface area (Å²) in [5.74, 6) is 1.14. The number of aliphatic imine (C=N–C) groups is 1. The van der Waals surface area contributed by atoms with E-state index in [1.165, 1.54) is 22.3 Å². The quantitative estimate of drug-likeness (QED) is 0.235. The number of hydrogen-bond donors (Lipinski definition) is 1. The Hall–Kier alpha value is -4.29. The van der Waals surface area contributed by atoms with Crippen molar-refractivity contribution in [3.8, 4) is 16.3 Å². The standard InChI is InChI=1S/C40H44N6O4S/c1-49-31-9-7-28(8-10-31)35-24-50-25-36-29(20-43-37(35)36)17-40(48)12-15-46(16-13-40)39(47)33-11-14-45(23-34(33)27-5-3-2-4-6-27)22-32-21-44-38(51-32)30-18-41-26-42-19-30/h2-10,18-21,26,29,33-35,48H,11-17,22-25H2,1H3/t29?,33-,34+,35?/m1/s1. The van der Waals surface area contributed by atoms with Crippen molar-refractivity contribution in [2.75, 3.05) is 46.5 Å². The summed E-state index contributed by atoms with van der Waals surface area (Å²) in [5, 5.41) is 12.8. The summed E-state index contributed by atoms with van der Waals surface area (Å²) in [7, 11) is 1.67. The number of hydrogen-bond acceptors (Lipinski definition) is 10. The maximum Gasteiger partial charge on any atom is 0.226 e. The molecule has 2 saturated heterocycles. The lowest BCUT2D eigenvalue weighted by Gasteiger charge is -2.44. The summed E-state index contributed by atoms with van der Waals surface area (Å²) in [4.78, 5) is 37.7. The first-order valence-electron chi connectivity index (χ1n) is 17.9. The van der Waals surface area contributed by atoms with E-state index in [0.717, 1.165) is 53.6 Å². The topological polar surface area (TPSA) is 113 Å². The Morgan fingerprint density at radius 3 is 2.57 bits per heavy atom. The van der Waals surface area contributed by atoms with Crippen LogP contribution in [0.3, 0.4) is 0 Å². The normalized spacial score (nSPS) is 24.8. The van der Waals surface area contributed by atoms with Gasteiger partial charge < -0.3 is 19.5 Å². The van der Waals surface area contributed by atoms with E-state index in [-0.39, 0.29) is 29.6 Å². The van der Waals surface area contributed by atoms with Crippen molar-refractivity contribution in [2.45, 2.75) is 49.7 Å². The number of thiazole rings is 1. The number of ether oxygens (including phenoxy) is 2. The van der Waals surface area contributed by atoms with Gasteiger partial charge in [0.05, 0.1) is 31.6 Å². The molecule has 2 fully saturated rings. The monoisotopic (exact) mass is 704 g/mol. The number of amides is 1. The molecular weight excluding hydrogens is 661 g/mol. The van der Waals surface area contributed by atoms with Crippen molar-refractivity contribution in [3.05, 3.63) is 107 Å². The lowest BCUT2D eigenvalue weighted by molar-refractivity contribution is -0.142. The zero-order valence-electron chi connectivity index (χ0n) is 28.9. The van der Waals surface area contributed by atoms with Crippen LogP contribution in [0, 0.1) is 11.8 Å². The fraction of sp³-hybridized carbons (Fsp3) is 0.425. The average Bonchev–Trinajstić information content (AvgIpc) is 3.82. The predicted molar refractivity (Wildman–Crippen MR) is 197 cm³/mol. The van der Waals surface area contributed by atoms with Gasteiger partial charge in [-0.05, 0) is 61.1 Å². The highest BCUT2D eigenvalue weighted by atomic mass is 32.1. The molecule has 2 unspecified atom stereocenters. The van der Waals surface area contributed by atoms with E-state index < -0.39 is 5.60 Å². The van der Waals surface area contributed by atoms with Crippen LogP contribution >= 0.6 is 11.3 Å². The van der Waals surface area contributed by atoms with Gasteiger partial charge in [-0.1, -0.05) is 42.5 Å². The number of methoxy groups -OCH3 is 1. The van der Waals surface area contributed by atoms with Gasteiger partial charge >= 0.3 is 0 Å². The highest BCUT2D eigenvalue weighted by molar-refractivity contribution is 7.15. The maximum atomic E-state index is 14.3. The van der Waals surface area contributed by atoms with Gasteiger partial charge in [0.2, 0.25) is 5.91 Å². The minimum atomic E-state index is -0.857. The Morgan fingerprint density at radius 2 is 1.80 bits per heavy atom. The van der Waals surface area contributed by atoms with Crippen molar-refractivity contribution in [1.82, 2.24) is 24.8 Å². The van der Waals surface area contributed by atoms with Crippen molar-refractivity contribution in [1.29, 1.82) is 0 Å². The molecule has 0 radical (unpaired) electrons. The van der Waals surface area contributed by atoms with Crippen molar-refractivity contribution in [3.63, 3.8) is 0 Å². The zero-order chi connectivity index (χ0) is 34.8. The fourth-order valence-corrected chi connectivity index (χ4v) is 9.22. The minimum Gasteiger partial charge on any atom is -0.497 e. The number of aliphatic hydroxyl groups is 1. The molecule has 4 aliphatic heterocycles. The highest BCUT2D eigenvalue weighted by Crippen LogP contribution is 2.42. The molecule has 4 atom stereocenters. The summed E-state index contributed by atoms with van der Waals surface area (Å²) in [6.45, 7) is 4.69. The van der Waals surface area contributed by atoms with Crippen LogP contribution in [0.15, 0.2) is 95.8 Å². The van der Waals surface area contributed by atoms with E-state index in [1.54, 1.807) is 30.8 Å². The van der Waals surface area contributed by atoms with Crippen LogP contribution in [0.4, 0.5) is 0 Å². The molecule has 51 heavy (non-hydrogen) atoms. The van der Waals surface area contributed by atoms with Crippen LogP contribution in [-0.2, 0) is 16.1 Å². The Balaban J connectivity index is 0.904. The van der Waals surface area contributed by atoms with E-state index in [0.29, 0.717) is 45.6 Å². The van der Waals surface area contributed by atoms with Crippen LogP contribution < -0.4 is 4.74 Å². The molecule has 0 aliphatic carbocycles. The van der Waals surface area contributed by atoms with Crippen LogP contribution in [0.5, 0.6) is 5.75 Å². The van der Waals surface area contributed by atoms with Crippen molar-refractivity contribution in [2.24, 2.45) is 16.8 Å². The molecule has 0 bridgehead atoms. The molecule has 4 aliphatic rings. The van der Waals surface area contributed by atoms with Gasteiger partial charge in [-0.15, -0.1) is 11.3 Å². The third kappa shape index (κ3) is 7.26. The first kappa shape index (κ1) is 33.8. The second-order valence-electron chi connectivity index (χ2n) is 14.3. The second kappa shape index (κ2) is 14.7. The predicted octanol–water partition coefficient (Wildman–Crippen LogP) is 5.73. The summed E-state index contributed by atoms with van der Waals surface area (Å²) in [6, 6.07) is 18.6. The smallest absolute Gasteiger partial charge is 0.226 e. The third-order valence-corrected chi connectivity index (χ3v) is 12.2. The van der Waals surface area contributed by atoms with E-state index in [9.17, 15) is 9.90 Å². The molecule has 2 aromatic carbocycles. The van der Waals surface area contributed by atoms with E-state index in [2.05, 4.69) is 56.3 Å². The second-order valence-corrected chi connectivity index (χ2v) is 15.4. The first-order chi connectivity index (χ1) is 25.0. The van der Waals surface area contributed by atoms with Gasteiger partial charge in [0.15, 0.2) is 0 Å². The van der Waals surface area contributed by atoms with Gasteiger partial charge in [-0.25, -0.2) is 15.0 Å². The third-order valence-electron chi connectivity index (χ3n) is 11.1. The van der Waals surface area contributed by atoms with Gasteiger partial charge in [-0.2, -0.15) is 0 Å². The van der Waals surface area contributed by atoms with Crippen LogP contribution in [-0.4, -0.2) is 94.1 Å². The molecule has 1 amide bonds. The molecule has 8 rings (SSSR count). The number of nitrogens with zero attached hydrogens (tertiary/aromatic N) is 6. The molecule has 0 saturated carbocycles. The fourth-order valence-electron chi connectivity index (χ4n) is 8.29. The number of carbonyl (C=O) groups excluding carboxylic acids is 1. The average molecular weight is 705 g/mol. The number of likely N-dealkylation sites (tertiary alicyclic amines) is 2. The van der Waals surface area contributed by atoms with Crippen LogP contribution in [0.1, 0.15) is 53.5 Å². The van der Waals surface area contributed by atoms with Gasteiger partial charge in [0.1, 0.15) is 17.1 Å². The molecule has 4 aromatic rings. The molecule has 2 aromatic heterocycles. The number of carbonyl (C=O) groups is 1. The zero-order valence-corrected chi connectivity index (χ0v) is 29.8. The summed E-state index contributed by atoms with van der Waals surface area (Å²) in [6.07, 6.45) is 11.6. The van der Waals surface area contributed by atoms with E-state index in [4.69, 9.17) is 14.5 Å². The Morgan fingerprint density at radius 1 is 1.02 bits per heavy atom. The van der Waals surface area contributed by atoms with Crippen LogP contribution in [0.2, 0.25) is 0 Å². The van der Waals surface area contributed by atoms with Crippen molar-refractivity contribution >= 4 is 23.5 Å². The van der Waals surface area contributed by atoms with Gasteiger partial charge in [0, 0.05) is 85.1 Å². The Bertz CT molecular complexity index is 1870. The molecule has 0 spiro atoms. The van der Waals surface area contributed by atoms with Crippen LogP contribution in [0.25, 0.3) is 10.6 Å². The lowest BCUT2D eigenvalue weighted by atomic mass is 9.77. The minimum absolute atomic E-state index is 0.0377. The molecule has 10 nitrogen and oxygen atoms in total. The summed E-state index contributed by atoms with van der Waals surface area (Å²) < 4.78 is 11.4. The molecule has 6 heterocycles. The SMILES string of the molecule is COc1ccc(C2COCC3=C2N=CC3CC2(O)CCN(C(=O)[C@@H]3CCN(Cc4cnc(-c5cncnc5)s4)C[C@H]3c3ccccc3)CC2)cc1. The molecule has 1 N–H and O–H groups in total. The summed E-state index contributed by atoms with van der Waals surface area (Å²) in [5.41, 5.74) is 4.68. The lowest BCUT2D eigenvalue weighted by Crippen LogP contribution is -2.52. The highest BCUT2D eigenvalue weighted by Gasteiger charge is 2.43. The number of piperidine rings is 2. The maximum absolute atomic E-state index is 14.3. The van der Waals surface area contributed by atoms with Crippen molar-refractivity contribution < 1.29 is 19.4 Å². The molecular formula is C40H44N6O4S. The molecule has 264 valence electrons. The largest absolute Gasteiger partial charge is 0.497 e. The van der Waals surface area contributed by atoms with Gasteiger partial charge in [0.25, 0.3) is 0 Å². The van der Waals surface area contributed by atoms with E-state index in [1.807, 2.05) is 35.5 Å². The molecule has 11 heteroatoms. The number of benzene rings is 2. The van der Waals surface area contributed by atoms with E-state index >= 15 is 0 Å². The number of aromatic nitrogens is 3. The Kier molecular flexibility index (Phi) is 9.78.